The van der Waals surface area contributed by atoms with Gasteiger partial charge >= 0.3 is 0 Å². The smallest absolute Gasteiger partial charge is 0.157 e. The summed E-state index contributed by atoms with van der Waals surface area (Å²) in [5.74, 6) is 0.958. The second-order valence-electron chi connectivity index (χ2n) is 8.03. The molecule has 0 saturated heterocycles. The monoisotopic (exact) mass is 402 g/mol. The van der Waals surface area contributed by atoms with Crippen molar-refractivity contribution in [1.82, 2.24) is 9.78 Å². The molecule has 2 saturated carbocycles. The number of aromatic hydroxyl groups is 1. The zero-order valence-corrected chi connectivity index (χ0v) is 16.8. The summed E-state index contributed by atoms with van der Waals surface area (Å²) in [7, 11) is 0. The molecular formula is C22H27ClN2O3. The van der Waals surface area contributed by atoms with Crippen molar-refractivity contribution in [2.75, 3.05) is 6.61 Å². The summed E-state index contributed by atoms with van der Waals surface area (Å²) in [6, 6.07) is 5.93. The van der Waals surface area contributed by atoms with Crippen LogP contribution in [-0.4, -0.2) is 27.8 Å². The Hall–Kier alpha value is -2.01. The number of aromatic nitrogens is 2. The van der Waals surface area contributed by atoms with Gasteiger partial charge in [0, 0.05) is 23.7 Å². The molecule has 0 bridgehead atoms. The van der Waals surface area contributed by atoms with E-state index in [4.69, 9.17) is 16.3 Å². The van der Waals surface area contributed by atoms with Crippen LogP contribution >= 0.6 is 11.6 Å². The molecule has 2 fully saturated rings. The van der Waals surface area contributed by atoms with Gasteiger partial charge in [-0.05, 0) is 43.9 Å². The summed E-state index contributed by atoms with van der Waals surface area (Å²) in [4.78, 5) is 11.4. The molecule has 4 rings (SSSR count). The summed E-state index contributed by atoms with van der Waals surface area (Å²) >= 11 is 5.91. The first-order chi connectivity index (χ1) is 13.7. The first-order valence-corrected chi connectivity index (χ1v) is 10.7. The van der Waals surface area contributed by atoms with Gasteiger partial charge in [0.05, 0.1) is 23.2 Å². The maximum atomic E-state index is 11.4. The number of benzene rings is 1. The Morgan fingerprint density at radius 2 is 1.89 bits per heavy atom. The van der Waals surface area contributed by atoms with Crippen LogP contribution in [0.4, 0.5) is 0 Å². The van der Waals surface area contributed by atoms with Gasteiger partial charge in [0.25, 0.3) is 0 Å². The van der Waals surface area contributed by atoms with Crippen molar-refractivity contribution in [2.45, 2.75) is 63.3 Å². The van der Waals surface area contributed by atoms with E-state index in [9.17, 15) is 9.90 Å². The Labute approximate surface area is 170 Å². The minimum Gasteiger partial charge on any atom is -0.505 e. The van der Waals surface area contributed by atoms with Gasteiger partial charge in [0.15, 0.2) is 6.29 Å². The van der Waals surface area contributed by atoms with Crippen LogP contribution in [0, 0.1) is 5.92 Å². The van der Waals surface area contributed by atoms with E-state index in [1.807, 2.05) is 6.20 Å². The predicted molar refractivity (Wildman–Crippen MR) is 108 cm³/mol. The minimum absolute atomic E-state index is 0.121. The SMILES string of the molecule is O=Cc1c(OCC2CCCCC2c2ccnn2C2CCCC2)ccc(Cl)c1O. The standard InChI is InChI=1S/C22H27ClN2O3/c23-19-9-10-21(18(13-26)22(19)27)28-14-15-5-1-4-8-17(15)20-11-12-24-25(20)16-6-2-3-7-16/h9-13,15-17,27H,1-8,14H2. The van der Waals surface area contributed by atoms with Crippen LogP contribution in [0.5, 0.6) is 11.5 Å². The highest BCUT2D eigenvalue weighted by atomic mass is 35.5. The molecule has 0 amide bonds. The molecule has 5 nitrogen and oxygen atoms in total. The van der Waals surface area contributed by atoms with Crippen molar-refractivity contribution in [3.8, 4) is 11.5 Å². The lowest BCUT2D eigenvalue weighted by atomic mass is 9.77. The highest BCUT2D eigenvalue weighted by molar-refractivity contribution is 6.32. The molecule has 0 spiro atoms. The fourth-order valence-corrected chi connectivity index (χ4v) is 5.03. The molecule has 2 aromatic rings. The number of carbonyl (C=O) groups is 1. The first kappa shape index (κ1) is 19.3. The summed E-state index contributed by atoms with van der Waals surface area (Å²) in [6.45, 7) is 0.516. The van der Waals surface area contributed by atoms with Crippen molar-refractivity contribution in [3.05, 3.63) is 40.7 Å². The molecular weight excluding hydrogens is 376 g/mol. The number of ether oxygens (including phenoxy) is 1. The van der Waals surface area contributed by atoms with Gasteiger partial charge in [-0.1, -0.05) is 37.3 Å². The molecule has 1 N–H and O–H groups in total. The Kier molecular flexibility index (Phi) is 5.90. The van der Waals surface area contributed by atoms with Gasteiger partial charge in [0.2, 0.25) is 0 Å². The van der Waals surface area contributed by atoms with Crippen molar-refractivity contribution in [1.29, 1.82) is 0 Å². The van der Waals surface area contributed by atoms with Crippen molar-refractivity contribution < 1.29 is 14.6 Å². The quantitative estimate of drug-likeness (QED) is 0.646. The van der Waals surface area contributed by atoms with Crippen LogP contribution < -0.4 is 4.74 Å². The number of phenolic OH excluding ortho intramolecular Hbond substituents is 1. The van der Waals surface area contributed by atoms with Gasteiger partial charge in [0.1, 0.15) is 11.5 Å². The largest absolute Gasteiger partial charge is 0.505 e. The second-order valence-corrected chi connectivity index (χ2v) is 8.43. The molecule has 1 aromatic carbocycles. The molecule has 28 heavy (non-hydrogen) atoms. The molecule has 2 atom stereocenters. The van der Waals surface area contributed by atoms with E-state index in [2.05, 4.69) is 15.8 Å². The number of hydrogen-bond donors (Lipinski definition) is 1. The minimum atomic E-state index is -0.214. The van der Waals surface area contributed by atoms with Gasteiger partial charge < -0.3 is 9.84 Å². The van der Waals surface area contributed by atoms with Crippen molar-refractivity contribution >= 4 is 17.9 Å². The molecule has 1 heterocycles. The Balaban J connectivity index is 1.52. The maximum Gasteiger partial charge on any atom is 0.157 e. The zero-order chi connectivity index (χ0) is 19.5. The number of phenols is 1. The fraction of sp³-hybridized carbons (Fsp3) is 0.545. The first-order valence-electron chi connectivity index (χ1n) is 10.3. The van der Waals surface area contributed by atoms with Gasteiger partial charge in [-0.25, -0.2) is 0 Å². The van der Waals surface area contributed by atoms with E-state index in [1.54, 1.807) is 12.1 Å². The highest BCUT2D eigenvalue weighted by Gasteiger charge is 2.32. The van der Waals surface area contributed by atoms with E-state index in [-0.39, 0.29) is 16.3 Å². The van der Waals surface area contributed by atoms with E-state index < -0.39 is 0 Å². The number of hydrogen-bond acceptors (Lipinski definition) is 4. The van der Waals surface area contributed by atoms with E-state index in [1.165, 1.54) is 44.2 Å². The lowest BCUT2D eigenvalue weighted by Crippen LogP contribution is -2.27. The topological polar surface area (TPSA) is 64.3 Å². The van der Waals surface area contributed by atoms with Crippen LogP contribution in [0.15, 0.2) is 24.4 Å². The van der Waals surface area contributed by atoms with Crippen LogP contribution in [0.3, 0.4) is 0 Å². The van der Waals surface area contributed by atoms with E-state index >= 15 is 0 Å². The van der Waals surface area contributed by atoms with E-state index in [0.29, 0.717) is 36.5 Å². The number of rotatable bonds is 6. The maximum absolute atomic E-state index is 11.4. The Morgan fingerprint density at radius 1 is 1.14 bits per heavy atom. The van der Waals surface area contributed by atoms with E-state index in [0.717, 1.165) is 12.8 Å². The molecule has 2 unspecified atom stereocenters. The molecule has 1 aromatic heterocycles. The van der Waals surface area contributed by atoms with Gasteiger partial charge in [-0.3, -0.25) is 9.48 Å². The van der Waals surface area contributed by atoms with Crippen LogP contribution in [0.1, 0.15) is 79.4 Å². The number of carbonyl (C=O) groups excluding carboxylic acids is 1. The Bertz CT molecular complexity index is 829. The van der Waals surface area contributed by atoms with Gasteiger partial charge in [-0.15, -0.1) is 0 Å². The third-order valence-corrected chi connectivity index (χ3v) is 6.66. The second kappa shape index (κ2) is 8.56. The van der Waals surface area contributed by atoms with Crippen LogP contribution in [0.2, 0.25) is 5.02 Å². The van der Waals surface area contributed by atoms with Crippen LogP contribution in [-0.2, 0) is 0 Å². The average Bonchev–Trinajstić information content (AvgIpc) is 3.40. The zero-order valence-electron chi connectivity index (χ0n) is 16.0. The Morgan fingerprint density at radius 3 is 2.68 bits per heavy atom. The third-order valence-electron chi connectivity index (χ3n) is 6.36. The molecule has 0 aliphatic heterocycles. The number of halogens is 1. The number of aldehydes is 1. The fourth-order valence-electron chi connectivity index (χ4n) is 4.87. The number of nitrogens with zero attached hydrogens (tertiary/aromatic N) is 2. The lowest BCUT2D eigenvalue weighted by Gasteiger charge is -2.33. The predicted octanol–water partition coefficient (Wildman–Crippen LogP) is 5.52. The molecule has 0 radical (unpaired) electrons. The molecule has 2 aliphatic rings. The summed E-state index contributed by atoms with van der Waals surface area (Å²) in [6.07, 6.45) is 12.2. The summed E-state index contributed by atoms with van der Waals surface area (Å²) < 4.78 is 8.28. The molecule has 6 heteroatoms. The summed E-state index contributed by atoms with van der Waals surface area (Å²) in [5.41, 5.74) is 1.45. The normalized spacial score (nSPS) is 23.0. The van der Waals surface area contributed by atoms with Crippen molar-refractivity contribution in [2.24, 2.45) is 5.92 Å². The molecule has 2 aliphatic carbocycles. The van der Waals surface area contributed by atoms with Crippen LogP contribution in [0.25, 0.3) is 0 Å². The lowest BCUT2D eigenvalue weighted by molar-refractivity contribution is 0.111. The highest BCUT2D eigenvalue weighted by Crippen LogP contribution is 2.41. The molecule has 150 valence electrons. The average molecular weight is 403 g/mol. The summed E-state index contributed by atoms with van der Waals surface area (Å²) in [5, 5.41) is 14.8. The van der Waals surface area contributed by atoms with Crippen molar-refractivity contribution in [3.63, 3.8) is 0 Å². The third kappa shape index (κ3) is 3.77. The van der Waals surface area contributed by atoms with Gasteiger partial charge in [-0.2, -0.15) is 5.10 Å².